The zero-order valence-corrected chi connectivity index (χ0v) is 25.8. The van der Waals surface area contributed by atoms with Crippen molar-refractivity contribution >= 4 is 0 Å². The molecule has 0 heterocycles. The summed E-state index contributed by atoms with van der Waals surface area (Å²) < 4.78 is 0. The Bertz CT molecular complexity index is 1140. The molecular formula is C37H52O. The molecule has 0 saturated heterocycles. The Morgan fingerprint density at radius 2 is 0.974 bits per heavy atom. The maximum absolute atomic E-state index is 11.0. The van der Waals surface area contributed by atoms with Gasteiger partial charge in [-0.2, -0.15) is 0 Å². The summed E-state index contributed by atoms with van der Waals surface area (Å²) in [5, 5.41) is 11.0. The number of hydrogen-bond acceptors (Lipinski definition) is 1. The summed E-state index contributed by atoms with van der Waals surface area (Å²) in [6.07, 6.45) is 5.35. The van der Waals surface area contributed by atoms with Crippen molar-refractivity contribution in [2.45, 2.75) is 112 Å². The van der Waals surface area contributed by atoms with E-state index in [9.17, 15) is 5.11 Å². The fourth-order valence-corrected chi connectivity index (χ4v) is 5.64. The molecule has 0 aliphatic rings. The minimum Gasteiger partial charge on any atom is -0.507 e. The third-order valence-electron chi connectivity index (χ3n) is 7.49. The van der Waals surface area contributed by atoms with Crippen LogP contribution in [0.2, 0.25) is 0 Å². The van der Waals surface area contributed by atoms with Crippen molar-refractivity contribution in [2.75, 3.05) is 0 Å². The van der Waals surface area contributed by atoms with Gasteiger partial charge in [0.25, 0.3) is 0 Å². The molecule has 0 aromatic heterocycles. The van der Waals surface area contributed by atoms with Crippen LogP contribution in [0.25, 0.3) is 0 Å². The van der Waals surface area contributed by atoms with Crippen molar-refractivity contribution in [2.24, 2.45) is 11.3 Å². The van der Waals surface area contributed by atoms with E-state index in [2.05, 4.69) is 130 Å². The normalized spacial score (nSPS) is 13.5. The number of rotatable bonds is 8. The smallest absolute Gasteiger partial charge is 0.123 e. The standard InChI is InChI=1S/C37H52O/c1-26(25-35(2,3)4)21-28-16-18-30(19-17-28)22-29-14-11-27(12-15-29)13-20-31-23-32(36(5,6)7)34(38)33(24-31)37(8,9)10/h11-12,14-19,23-24,26,38H,13,20-22,25H2,1-10H3. The molecule has 38 heavy (non-hydrogen) atoms. The van der Waals surface area contributed by atoms with Gasteiger partial charge in [0.15, 0.2) is 0 Å². The van der Waals surface area contributed by atoms with Crippen molar-refractivity contribution in [3.05, 3.63) is 99.6 Å². The summed E-state index contributed by atoms with van der Waals surface area (Å²) in [7, 11) is 0. The van der Waals surface area contributed by atoms with E-state index in [1.165, 1.54) is 34.2 Å². The number of aromatic hydroxyl groups is 1. The van der Waals surface area contributed by atoms with E-state index in [0.29, 0.717) is 17.1 Å². The average molecular weight is 513 g/mol. The molecule has 3 aromatic rings. The fraction of sp³-hybridized carbons (Fsp3) is 0.514. The molecule has 0 bridgehead atoms. The van der Waals surface area contributed by atoms with Gasteiger partial charge in [-0.3, -0.25) is 0 Å². The van der Waals surface area contributed by atoms with Gasteiger partial charge in [0, 0.05) is 0 Å². The summed E-state index contributed by atoms with van der Waals surface area (Å²) in [5.41, 5.74) is 9.14. The third-order valence-corrected chi connectivity index (χ3v) is 7.49. The van der Waals surface area contributed by atoms with Crippen LogP contribution in [0.4, 0.5) is 0 Å². The highest BCUT2D eigenvalue weighted by Crippen LogP contribution is 2.40. The number of phenolic OH excluding ortho intramolecular Hbond substituents is 1. The Balaban J connectivity index is 1.63. The maximum atomic E-state index is 11.0. The molecule has 0 aliphatic heterocycles. The van der Waals surface area contributed by atoms with E-state index >= 15 is 0 Å². The Morgan fingerprint density at radius 1 is 0.579 bits per heavy atom. The lowest BCUT2D eigenvalue weighted by Crippen LogP contribution is -2.18. The van der Waals surface area contributed by atoms with Crippen molar-refractivity contribution in [1.82, 2.24) is 0 Å². The highest BCUT2D eigenvalue weighted by Gasteiger charge is 2.26. The molecule has 0 fully saturated rings. The SMILES string of the molecule is CC(Cc1ccc(Cc2ccc(CCc3cc(C(C)(C)C)c(O)c(C(C)(C)C)c3)cc2)cc1)CC(C)(C)C. The molecule has 0 amide bonds. The van der Waals surface area contributed by atoms with E-state index in [0.717, 1.165) is 36.8 Å². The van der Waals surface area contributed by atoms with Gasteiger partial charge in [-0.25, -0.2) is 0 Å². The van der Waals surface area contributed by atoms with Crippen LogP contribution in [-0.4, -0.2) is 5.11 Å². The third kappa shape index (κ3) is 8.75. The predicted molar refractivity (Wildman–Crippen MR) is 166 cm³/mol. The van der Waals surface area contributed by atoms with Gasteiger partial charge < -0.3 is 5.11 Å². The molecular weight excluding hydrogens is 460 g/mol. The van der Waals surface area contributed by atoms with Crippen LogP contribution in [0.1, 0.15) is 115 Å². The van der Waals surface area contributed by atoms with Gasteiger partial charge in [-0.15, -0.1) is 0 Å². The number of aryl methyl sites for hydroxylation is 2. The minimum absolute atomic E-state index is 0.0926. The van der Waals surface area contributed by atoms with Crippen LogP contribution < -0.4 is 0 Å². The fourth-order valence-electron chi connectivity index (χ4n) is 5.64. The minimum atomic E-state index is -0.0926. The van der Waals surface area contributed by atoms with Gasteiger partial charge in [-0.05, 0) is 93.2 Å². The van der Waals surface area contributed by atoms with Crippen LogP contribution in [0, 0.1) is 11.3 Å². The van der Waals surface area contributed by atoms with Gasteiger partial charge in [0.05, 0.1) is 0 Å². The van der Waals surface area contributed by atoms with Crippen LogP contribution in [0.5, 0.6) is 5.75 Å². The summed E-state index contributed by atoms with van der Waals surface area (Å²) in [5.74, 6) is 1.17. The van der Waals surface area contributed by atoms with Crippen molar-refractivity contribution in [3.63, 3.8) is 0 Å². The molecule has 0 aliphatic carbocycles. The molecule has 0 saturated carbocycles. The van der Waals surface area contributed by atoms with E-state index in [4.69, 9.17) is 0 Å². The summed E-state index contributed by atoms with van der Waals surface area (Å²) in [4.78, 5) is 0. The monoisotopic (exact) mass is 512 g/mol. The molecule has 1 nitrogen and oxygen atoms in total. The Morgan fingerprint density at radius 3 is 1.39 bits per heavy atom. The van der Waals surface area contributed by atoms with Gasteiger partial charge in [0.2, 0.25) is 0 Å². The summed E-state index contributed by atoms with van der Waals surface area (Å²) >= 11 is 0. The van der Waals surface area contributed by atoms with E-state index in [-0.39, 0.29) is 10.8 Å². The zero-order valence-electron chi connectivity index (χ0n) is 25.8. The Labute approximate surface area is 233 Å². The second-order valence-corrected chi connectivity index (χ2v) is 14.9. The molecule has 0 radical (unpaired) electrons. The molecule has 1 atom stereocenters. The lowest BCUT2D eigenvalue weighted by Gasteiger charge is -2.28. The molecule has 0 spiro atoms. The second-order valence-electron chi connectivity index (χ2n) is 14.9. The molecule has 3 rings (SSSR count). The predicted octanol–water partition coefficient (Wildman–Crippen LogP) is 9.98. The molecule has 1 heteroatoms. The first-order valence-electron chi connectivity index (χ1n) is 14.5. The first-order chi connectivity index (χ1) is 17.5. The Kier molecular flexibility index (Phi) is 9.23. The number of phenols is 1. The summed E-state index contributed by atoms with van der Waals surface area (Å²) in [6, 6.07) is 22.8. The lowest BCUT2D eigenvalue weighted by molar-refractivity contribution is 0.306. The largest absolute Gasteiger partial charge is 0.507 e. The van der Waals surface area contributed by atoms with E-state index in [1.54, 1.807) is 0 Å². The first kappa shape index (κ1) is 30.0. The van der Waals surface area contributed by atoms with Gasteiger partial charge in [-0.1, -0.05) is 130 Å². The van der Waals surface area contributed by atoms with Crippen LogP contribution in [0.3, 0.4) is 0 Å². The van der Waals surface area contributed by atoms with Crippen molar-refractivity contribution in [1.29, 1.82) is 0 Å². The van der Waals surface area contributed by atoms with Crippen LogP contribution >= 0.6 is 0 Å². The molecule has 1 N–H and O–H groups in total. The highest BCUT2D eigenvalue weighted by atomic mass is 16.3. The summed E-state index contributed by atoms with van der Waals surface area (Å²) in [6.45, 7) is 22.4. The van der Waals surface area contributed by atoms with Crippen molar-refractivity contribution in [3.8, 4) is 5.75 Å². The molecule has 206 valence electrons. The molecule has 1 unspecified atom stereocenters. The van der Waals surface area contributed by atoms with Crippen molar-refractivity contribution < 1.29 is 5.11 Å². The maximum Gasteiger partial charge on any atom is 0.123 e. The first-order valence-corrected chi connectivity index (χ1v) is 14.5. The lowest BCUT2D eigenvalue weighted by atomic mass is 9.78. The topological polar surface area (TPSA) is 20.2 Å². The van der Waals surface area contributed by atoms with E-state index in [1.807, 2.05) is 0 Å². The number of hydrogen-bond donors (Lipinski definition) is 1. The quantitative estimate of drug-likeness (QED) is 0.318. The van der Waals surface area contributed by atoms with Crippen LogP contribution in [-0.2, 0) is 36.5 Å². The molecule has 3 aromatic carbocycles. The van der Waals surface area contributed by atoms with Gasteiger partial charge >= 0.3 is 0 Å². The van der Waals surface area contributed by atoms with Gasteiger partial charge in [0.1, 0.15) is 5.75 Å². The average Bonchev–Trinajstić information content (AvgIpc) is 2.78. The van der Waals surface area contributed by atoms with E-state index < -0.39 is 0 Å². The second kappa shape index (κ2) is 11.7. The highest BCUT2D eigenvalue weighted by molar-refractivity contribution is 5.50. The Hall–Kier alpha value is -2.54. The van der Waals surface area contributed by atoms with Crippen LogP contribution in [0.15, 0.2) is 60.7 Å². The number of benzene rings is 3. The zero-order chi connectivity index (χ0) is 28.3.